The summed E-state index contributed by atoms with van der Waals surface area (Å²) >= 11 is 5.86. The lowest BCUT2D eigenvalue weighted by molar-refractivity contribution is -0.125. The lowest BCUT2D eigenvalue weighted by Gasteiger charge is -2.30. The van der Waals surface area contributed by atoms with E-state index >= 15 is 0 Å². The molecule has 10 heteroatoms. The maximum absolute atomic E-state index is 14.6. The van der Waals surface area contributed by atoms with Crippen molar-refractivity contribution >= 4 is 23.4 Å². The second-order valence-electron chi connectivity index (χ2n) is 8.37. The van der Waals surface area contributed by atoms with Crippen LogP contribution < -0.4 is 10.6 Å². The van der Waals surface area contributed by atoms with E-state index in [1.165, 1.54) is 16.8 Å². The van der Waals surface area contributed by atoms with E-state index in [-0.39, 0.29) is 36.2 Å². The third kappa shape index (κ3) is 5.06. The van der Waals surface area contributed by atoms with E-state index in [9.17, 15) is 14.0 Å². The number of carbonyl (C=O) groups excluding carboxylic acids is 2. The second kappa shape index (κ2) is 9.33. The zero-order valence-electron chi connectivity index (χ0n) is 17.7. The monoisotopic (exact) mass is 452 g/mol. The first kappa shape index (κ1) is 23.2. The average molecular weight is 453 g/mol. The number of hydrogen-bond acceptors (Lipinski definition) is 5. The number of amides is 2. The molecule has 0 aliphatic carbocycles. The molecule has 3 rings (SSSR count). The number of nitrogens with zero attached hydrogens (tertiary/aromatic N) is 2. The fourth-order valence-electron chi connectivity index (χ4n) is 3.43. The molecule has 8 nitrogen and oxygen atoms in total. The molecular formula is C21H26ClFN4O4. The molecule has 2 aromatic rings. The fourth-order valence-corrected chi connectivity index (χ4v) is 3.59. The molecule has 0 fully saturated rings. The van der Waals surface area contributed by atoms with Gasteiger partial charge in [-0.1, -0.05) is 32.4 Å². The summed E-state index contributed by atoms with van der Waals surface area (Å²) in [6.07, 6.45) is 0.456. The van der Waals surface area contributed by atoms with E-state index in [2.05, 4.69) is 15.7 Å². The molecule has 0 unspecified atom stereocenters. The van der Waals surface area contributed by atoms with Gasteiger partial charge in [0.15, 0.2) is 5.69 Å². The third-order valence-corrected chi connectivity index (χ3v) is 5.22. The Morgan fingerprint density at radius 3 is 2.77 bits per heavy atom. The Kier molecular flexibility index (Phi) is 6.98. The van der Waals surface area contributed by atoms with Gasteiger partial charge in [0.05, 0.1) is 25.5 Å². The highest BCUT2D eigenvalue weighted by Crippen LogP contribution is 2.27. The zero-order chi connectivity index (χ0) is 22.8. The Labute approximate surface area is 184 Å². The van der Waals surface area contributed by atoms with Gasteiger partial charge in [-0.3, -0.25) is 9.59 Å². The van der Waals surface area contributed by atoms with E-state index in [0.717, 1.165) is 0 Å². The summed E-state index contributed by atoms with van der Waals surface area (Å²) in [5, 5.41) is 18.9. The van der Waals surface area contributed by atoms with E-state index in [0.29, 0.717) is 24.3 Å². The van der Waals surface area contributed by atoms with Crippen molar-refractivity contribution < 1.29 is 23.8 Å². The van der Waals surface area contributed by atoms with Gasteiger partial charge >= 0.3 is 0 Å². The number of benzene rings is 1. The van der Waals surface area contributed by atoms with Crippen molar-refractivity contribution in [3.63, 3.8) is 0 Å². The summed E-state index contributed by atoms with van der Waals surface area (Å²) in [5.41, 5.74) is 0.885. The second-order valence-corrected chi connectivity index (χ2v) is 8.81. The van der Waals surface area contributed by atoms with E-state index in [4.69, 9.17) is 21.4 Å². The van der Waals surface area contributed by atoms with Gasteiger partial charge in [-0.2, -0.15) is 5.10 Å². The Bertz CT molecular complexity index is 986. The van der Waals surface area contributed by atoms with Gasteiger partial charge in [0.25, 0.3) is 5.91 Å². The van der Waals surface area contributed by atoms with Crippen molar-refractivity contribution in [1.29, 1.82) is 0 Å². The molecule has 168 valence electrons. The van der Waals surface area contributed by atoms with Crippen molar-refractivity contribution in [3.8, 4) is 5.69 Å². The number of ether oxygens (including phenoxy) is 1. The van der Waals surface area contributed by atoms with Gasteiger partial charge in [-0.25, -0.2) is 9.07 Å². The van der Waals surface area contributed by atoms with Gasteiger partial charge in [0.2, 0.25) is 5.91 Å². The minimum atomic E-state index is -0.871. The average Bonchev–Trinajstić information content (AvgIpc) is 3.09. The highest BCUT2D eigenvalue weighted by molar-refractivity contribution is 6.30. The molecule has 0 saturated heterocycles. The van der Waals surface area contributed by atoms with Crippen molar-refractivity contribution in [1.82, 2.24) is 20.4 Å². The highest BCUT2D eigenvalue weighted by Gasteiger charge is 2.35. The number of aliphatic hydroxyl groups is 1. The summed E-state index contributed by atoms with van der Waals surface area (Å²) in [4.78, 5) is 25.7. The predicted molar refractivity (Wildman–Crippen MR) is 113 cm³/mol. The standard InChI is InChI=1S/C21H26ClFN4O4/c1-21(2,3)18(20(30)24-7-8-28)25-19(29)17-13-11-31-9-6-15(13)27(26-17)16-5-4-12(22)10-14(16)23/h4-5,10,18,28H,6-9,11H2,1-3H3,(H,24,30)(H,25,29)/t18-/m1/s1. The maximum atomic E-state index is 14.6. The number of nitrogens with one attached hydrogen (secondary N) is 2. The summed E-state index contributed by atoms with van der Waals surface area (Å²) in [6, 6.07) is 3.37. The molecule has 2 amide bonds. The molecule has 0 radical (unpaired) electrons. The molecule has 1 aliphatic rings. The van der Waals surface area contributed by atoms with Gasteiger partial charge in [-0.15, -0.1) is 0 Å². The van der Waals surface area contributed by atoms with Crippen LogP contribution in [0, 0.1) is 11.2 Å². The number of rotatable bonds is 6. The van der Waals surface area contributed by atoms with Gasteiger partial charge in [-0.05, 0) is 23.6 Å². The summed E-state index contributed by atoms with van der Waals surface area (Å²) in [5.74, 6) is -1.54. The summed E-state index contributed by atoms with van der Waals surface area (Å²) in [7, 11) is 0. The minimum Gasteiger partial charge on any atom is -0.395 e. The fraction of sp³-hybridized carbons (Fsp3) is 0.476. The number of aromatic nitrogens is 2. The maximum Gasteiger partial charge on any atom is 0.272 e. The van der Waals surface area contributed by atoms with Crippen LogP contribution in [0.5, 0.6) is 0 Å². The number of halogens is 2. The number of carbonyl (C=O) groups is 2. The van der Waals surface area contributed by atoms with Crippen LogP contribution in [0.2, 0.25) is 5.02 Å². The third-order valence-electron chi connectivity index (χ3n) is 4.99. The number of fused-ring (bicyclic) bond motifs is 1. The Morgan fingerprint density at radius 1 is 1.39 bits per heavy atom. The number of hydrogen-bond donors (Lipinski definition) is 3. The molecule has 0 bridgehead atoms. The van der Waals surface area contributed by atoms with Gasteiger partial charge in [0.1, 0.15) is 17.5 Å². The van der Waals surface area contributed by atoms with Crippen LogP contribution in [0.25, 0.3) is 5.69 Å². The van der Waals surface area contributed by atoms with Crippen molar-refractivity contribution in [2.45, 2.75) is 39.8 Å². The molecule has 1 aliphatic heterocycles. The van der Waals surface area contributed by atoms with Crippen molar-refractivity contribution in [2.24, 2.45) is 5.41 Å². The molecule has 3 N–H and O–H groups in total. The predicted octanol–water partition coefficient (Wildman–Crippen LogP) is 1.99. The van der Waals surface area contributed by atoms with Crippen LogP contribution in [0.4, 0.5) is 4.39 Å². The van der Waals surface area contributed by atoms with E-state index in [1.54, 1.807) is 6.07 Å². The lowest BCUT2D eigenvalue weighted by Crippen LogP contribution is -2.54. The van der Waals surface area contributed by atoms with Crippen LogP contribution in [-0.2, 0) is 22.6 Å². The van der Waals surface area contributed by atoms with Crippen molar-refractivity contribution in [2.75, 3.05) is 19.8 Å². The Hall–Kier alpha value is -2.49. The lowest BCUT2D eigenvalue weighted by atomic mass is 9.86. The van der Waals surface area contributed by atoms with Gasteiger partial charge < -0.3 is 20.5 Å². The highest BCUT2D eigenvalue weighted by atomic mass is 35.5. The molecule has 31 heavy (non-hydrogen) atoms. The topological polar surface area (TPSA) is 105 Å². The number of aliphatic hydroxyl groups excluding tert-OH is 1. The van der Waals surface area contributed by atoms with Crippen LogP contribution in [0.3, 0.4) is 0 Å². The molecule has 1 aromatic heterocycles. The largest absolute Gasteiger partial charge is 0.395 e. The van der Waals surface area contributed by atoms with E-state index in [1.807, 2.05) is 20.8 Å². The van der Waals surface area contributed by atoms with Crippen LogP contribution in [0.1, 0.15) is 42.5 Å². The van der Waals surface area contributed by atoms with Crippen LogP contribution in [-0.4, -0.2) is 52.5 Å². The van der Waals surface area contributed by atoms with E-state index < -0.39 is 29.1 Å². The quantitative estimate of drug-likeness (QED) is 0.621. The van der Waals surface area contributed by atoms with Crippen LogP contribution in [0.15, 0.2) is 18.2 Å². The molecule has 1 atom stereocenters. The normalized spacial score (nSPS) is 14.6. The zero-order valence-corrected chi connectivity index (χ0v) is 18.4. The first-order chi connectivity index (χ1) is 14.6. The summed E-state index contributed by atoms with van der Waals surface area (Å²) < 4.78 is 21.5. The van der Waals surface area contributed by atoms with Gasteiger partial charge in [0, 0.05) is 23.6 Å². The Balaban J connectivity index is 1.97. The minimum absolute atomic E-state index is 0.0771. The molecule has 0 spiro atoms. The smallest absolute Gasteiger partial charge is 0.272 e. The summed E-state index contributed by atoms with van der Waals surface area (Å²) in [6.45, 7) is 5.89. The first-order valence-corrected chi connectivity index (χ1v) is 10.3. The molecule has 0 saturated carbocycles. The first-order valence-electron chi connectivity index (χ1n) is 9.97. The van der Waals surface area contributed by atoms with Crippen molar-refractivity contribution in [3.05, 3.63) is 46.0 Å². The van der Waals surface area contributed by atoms with Crippen LogP contribution >= 0.6 is 11.6 Å². The SMILES string of the molecule is CC(C)(C)[C@H](NC(=O)c1nn(-c2ccc(Cl)cc2F)c2c1COCC2)C(=O)NCCO. The molecule has 1 aromatic carbocycles. The Morgan fingerprint density at radius 2 is 2.13 bits per heavy atom. The molecule has 2 heterocycles. The molecular weight excluding hydrogens is 427 g/mol.